The van der Waals surface area contributed by atoms with Crippen molar-refractivity contribution < 1.29 is 13.2 Å². The fraction of sp³-hybridized carbons (Fsp3) is 0.176. The van der Waals surface area contributed by atoms with Gasteiger partial charge in [-0.15, -0.1) is 11.3 Å². The minimum atomic E-state index is -3.29. The van der Waals surface area contributed by atoms with E-state index in [2.05, 4.69) is 9.97 Å². The van der Waals surface area contributed by atoms with Crippen LogP contribution in [-0.2, 0) is 16.3 Å². The predicted octanol–water partition coefficient (Wildman–Crippen LogP) is 3.23. The van der Waals surface area contributed by atoms with Gasteiger partial charge in [0.1, 0.15) is 9.96 Å². The summed E-state index contributed by atoms with van der Waals surface area (Å²) in [6.45, 7) is 0. The molecule has 3 aromatic rings. The minimum absolute atomic E-state index is 0.00927. The van der Waals surface area contributed by atoms with Crippen molar-refractivity contribution >= 4 is 21.2 Å². The first kappa shape index (κ1) is 16.6. The summed E-state index contributed by atoms with van der Waals surface area (Å²) in [5, 5.41) is 1.76. The Bertz CT molecular complexity index is 908. The summed E-state index contributed by atoms with van der Waals surface area (Å²) >= 11 is 1.23. The van der Waals surface area contributed by atoms with Crippen molar-refractivity contribution in [2.75, 3.05) is 12.9 Å². The molecule has 124 valence electrons. The molecule has 0 aliphatic carbocycles. The van der Waals surface area contributed by atoms with E-state index in [-0.39, 0.29) is 5.75 Å². The summed E-state index contributed by atoms with van der Waals surface area (Å²) in [6, 6.07) is 12.5. The number of hydrogen-bond acceptors (Lipinski definition) is 6. The predicted molar refractivity (Wildman–Crippen MR) is 94.1 cm³/mol. The highest BCUT2D eigenvalue weighted by Gasteiger charge is 2.16. The summed E-state index contributed by atoms with van der Waals surface area (Å²) in [4.78, 5) is 8.81. The van der Waals surface area contributed by atoms with Crippen LogP contribution in [0.4, 0.5) is 0 Å². The minimum Gasteiger partial charge on any atom is -0.497 e. The van der Waals surface area contributed by atoms with Gasteiger partial charge >= 0.3 is 0 Å². The van der Waals surface area contributed by atoms with E-state index in [1.165, 1.54) is 11.3 Å². The van der Waals surface area contributed by atoms with Gasteiger partial charge in [0.2, 0.25) is 0 Å². The van der Waals surface area contributed by atoms with Crippen molar-refractivity contribution in [2.24, 2.45) is 0 Å². The number of aromatic nitrogens is 2. The highest BCUT2D eigenvalue weighted by Crippen LogP contribution is 2.23. The van der Waals surface area contributed by atoms with Crippen LogP contribution in [0.25, 0.3) is 11.4 Å². The van der Waals surface area contributed by atoms with Crippen LogP contribution in [0, 0.1) is 0 Å². The van der Waals surface area contributed by atoms with E-state index < -0.39 is 9.84 Å². The molecule has 0 bridgehead atoms. The van der Waals surface area contributed by atoms with Crippen LogP contribution >= 0.6 is 11.3 Å². The van der Waals surface area contributed by atoms with E-state index in [4.69, 9.17) is 4.74 Å². The number of thiophene rings is 1. The highest BCUT2D eigenvalue weighted by molar-refractivity contribution is 7.93. The van der Waals surface area contributed by atoms with Crippen LogP contribution in [0.2, 0.25) is 0 Å². The van der Waals surface area contributed by atoms with Crippen LogP contribution < -0.4 is 4.74 Å². The van der Waals surface area contributed by atoms with Crippen molar-refractivity contribution in [1.82, 2.24) is 9.97 Å². The van der Waals surface area contributed by atoms with E-state index in [9.17, 15) is 8.42 Å². The summed E-state index contributed by atoms with van der Waals surface area (Å²) < 4.78 is 30.3. The third-order valence-corrected chi connectivity index (χ3v) is 6.65. The lowest BCUT2D eigenvalue weighted by Gasteiger charge is -2.08. The number of nitrogens with zero attached hydrogens (tertiary/aromatic N) is 2. The number of hydrogen-bond donors (Lipinski definition) is 0. The lowest BCUT2D eigenvalue weighted by Crippen LogP contribution is -2.09. The molecule has 0 saturated carbocycles. The zero-order valence-electron chi connectivity index (χ0n) is 13.0. The maximum absolute atomic E-state index is 12.3. The van der Waals surface area contributed by atoms with Gasteiger partial charge in [0.15, 0.2) is 9.84 Å². The second-order valence-corrected chi connectivity index (χ2v) is 8.38. The standard InChI is InChI=1S/C17H16N2O3S2/c1-22-14-11-13(7-10-24(20,21)17-6-4-9-23-17)19-16(12-14)15-5-2-3-8-18-15/h2-6,8-9,11-12H,7,10H2,1H3. The molecule has 0 radical (unpaired) electrons. The molecule has 3 aromatic heterocycles. The highest BCUT2D eigenvalue weighted by atomic mass is 32.2. The third-order valence-electron chi connectivity index (χ3n) is 3.44. The molecule has 0 aromatic carbocycles. The Morgan fingerprint density at radius 1 is 1.12 bits per heavy atom. The molecule has 5 nitrogen and oxygen atoms in total. The van der Waals surface area contributed by atoms with Crippen molar-refractivity contribution in [3.63, 3.8) is 0 Å². The normalized spacial score (nSPS) is 11.4. The summed E-state index contributed by atoms with van der Waals surface area (Å²) in [5.74, 6) is 0.643. The smallest absolute Gasteiger partial charge is 0.188 e. The Hall–Kier alpha value is -2.25. The van der Waals surface area contributed by atoms with Crippen molar-refractivity contribution in [3.05, 3.63) is 59.7 Å². The van der Waals surface area contributed by atoms with E-state index in [0.717, 1.165) is 5.69 Å². The molecule has 0 spiro atoms. The first-order valence-electron chi connectivity index (χ1n) is 7.31. The largest absolute Gasteiger partial charge is 0.497 e. The number of ether oxygens (including phenoxy) is 1. The SMILES string of the molecule is COc1cc(CCS(=O)(=O)c2cccs2)nc(-c2ccccn2)c1. The molecular weight excluding hydrogens is 344 g/mol. The topological polar surface area (TPSA) is 69.2 Å². The second-order valence-electron chi connectivity index (χ2n) is 5.10. The van der Waals surface area contributed by atoms with Crippen LogP contribution in [-0.4, -0.2) is 31.2 Å². The third kappa shape index (κ3) is 3.80. The van der Waals surface area contributed by atoms with Crippen LogP contribution in [0.15, 0.2) is 58.3 Å². The molecule has 0 amide bonds. The summed E-state index contributed by atoms with van der Waals surface area (Å²) in [5.41, 5.74) is 2.05. The van der Waals surface area contributed by atoms with Gasteiger partial charge in [-0.1, -0.05) is 12.1 Å². The zero-order chi connectivity index (χ0) is 17.0. The summed E-state index contributed by atoms with van der Waals surface area (Å²) in [6.07, 6.45) is 2.01. The van der Waals surface area contributed by atoms with Gasteiger partial charge < -0.3 is 4.74 Å². The number of methoxy groups -OCH3 is 1. The van der Waals surface area contributed by atoms with Crippen molar-refractivity contribution in [2.45, 2.75) is 10.6 Å². The van der Waals surface area contributed by atoms with Crippen LogP contribution in [0.1, 0.15) is 5.69 Å². The number of sulfone groups is 1. The van der Waals surface area contributed by atoms with Gasteiger partial charge in [-0.2, -0.15) is 0 Å². The number of aryl methyl sites for hydroxylation is 1. The Labute approximate surface area is 144 Å². The van der Waals surface area contributed by atoms with Gasteiger partial charge in [0.25, 0.3) is 0 Å². The quantitative estimate of drug-likeness (QED) is 0.675. The van der Waals surface area contributed by atoms with Gasteiger partial charge in [0.05, 0.1) is 24.3 Å². The molecule has 7 heteroatoms. The monoisotopic (exact) mass is 360 g/mol. The molecule has 3 heterocycles. The molecule has 0 atom stereocenters. The molecule has 0 aliphatic heterocycles. The lowest BCUT2D eigenvalue weighted by atomic mass is 10.2. The van der Waals surface area contributed by atoms with Crippen molar-refractivity contribution in [1.29, 1.82) is 0 Å². The van der Waals surface area contributed by atoms with Crippen molar-refractivity contribution in [3.8, 4) is 17.1 Å². The molecule has 0 N–H and O–H groups in total. The number of rotatable bonds is 6. The van der Waals surface area contributed by atoms with Gasteiger partial charge in [0, 0.05) is 30.4 Å². The number of pyridine rings is 2. The Morgan fingerprint density at radius 2 is 2.00 bits per heavy atom. The van der Waals surface area contributed by atoms with E-state index >= 15 is 0 Å². The molecule has 24 heavy (non-hydrogen) atoms. The van der Waals surface area contributed by atoms with Crippen LogP contribution in [0.5, 0.6) is 5.75 Å². The molecule has 0 aliphatic rings. The molecule has 0 unspecified atom stereocenters. The lowest BCUT2D eigenvalue weighted by molar-refractivity contribution is 0.414. The molecule has 0 saturated heterocycles. The Kier molecular flexibility index (Phi) is 4.92. The van der Waals surface area contributed by atoms with Gasteiger partial charge in [-0.3, -0.25) is 9.97 Å². The first-order valence-corrected chi connectivity index (χ1v) is 9.84. The average molecular weight is 360 g/mol. The van der Waals surface area contributed by atoms with Gasteiger partial charge in [-0.05, 0) is 23.6 Å². The fourth-order valence-electron chi connectivity index (χ4n) is 2.23. The summed E-state index contributed by atoms with van der Waals surface area (Å²) in [7, 11) is -1.72. The first-order chi connectivity index (χ1) is 11.6. The Balaban J connectivity index is 1.86. The van der Waals surface area contributed by atoms with Crippen LogP contribution in [0.3, 0.4) is 0 Å². The van der Waals surface area contributed by atoms with E-state index in [0.29, 0.717) is 27.8 Å². The van der Waals surface area contributed by atoms with Gasteiger partial charge in [-0.25, -0.2) is 8.42 Å². The maximum atomic E-state index is 12.3. The fourth-order valence-corrected chi connectivity index (χ4v) is 4.65. The molecule has 0 fully saturated rings. The zero-order valence-corrected chi connectivity index (χ0v) is 14.7. The maximum Gasteiger partial charge on any atom is 0.188 e. The van der Waals surface area contributed by atoms with E-state index in [1.54, 1.807) is 43.0 Å². The second kappa shape index (κ2) is 7.11. The molecule has 3 rings (SSSR count). The Morgan fingerprint density at radius 3 is 2.67 bits per heavy atom. The average Bonchev–Trinajstić information content (AvgIpc) is 3.16. The molecular formula is C17H16N2O3S2. The van der Waals surface area contributed by atoms with E-state index in [1.807, 2.05) is 18.2 Å².